The SMILES string of the molecule is COCc1cccc(NS(=O)(=O)c2ccc(O)cc2)c1. The van der Waals surface area contributed by atoms with Crippen molar-refractivity contribution < 1.29 is 18.3 Å². The van der Waals surface area contributed by atoms with Gasteiger partial charge in [0.2, 0.25) is 0 Å². The lowest BCUT2D eigenvalue weighted by atomic mass is 10.2. The fourth-order valence-electron chi connectivity index (χ4n) is 1.73. The lowest BCUT2D eigenvalue weighted by Crippen LogP contribution is -2.12. The zero-order valence-electron chi connectivity index (χ0n) is 10.9. The first-order valence-corrected chi connectivity index (χ1v) is 7.39. The Balaban J connectivity index is 2.24. The van der Waals surface area contributed by atoms with Gasteiger partial charge in [0.15, 0.2) is 0 Å². The van der Waals surface area contributed by atoms with Gasteiger partial charge in [-0.3, -0.25) is 4.72 Å². The van der Waals surface area contributed by atoms with E-state index in [0.29, 0.717) is 12.3 Å². The van der Waals surface area contributed by atoms with Crippen LogP contribution in [0.4, 0.5) is 5.69 Å². The second-order valence-corrected chi connectivity index (χ2v) is 5.92. The summed E-state index contributed by atoms with van der Waals surface area (Å²) in [5.74, 6) is 0.0195. The molecule has 20 heavy (non-hydrogen) atoms. The predicted octanol–water partition coefficient (Wildman–Crippen LogP) is 2.34. The van der Waals surface area contributed by atoms with Crippen LogP contribution in [-0.4, -0.2) is 20.6 Å². The van der Waals surface area contributed by atoms with Crippen LogP contribution in [0.3, 0.4) is 0 Å². The summed E-state index contributed by atoms with van der Waals surface area (Å²) in [5, 5.41) is 9.18. The maximum absolute atomic E-state index is 12.2. The summed E-state index contributed by atoms with van der Waals surface area (Å²) >= 11 is 0. The first-order valence-electron chi connectivity index (χ1n) is 5.91. The summed E-state index contributed by atoms with van der Waals surface area (Å²) in [6, 6.07) is 12.3. The van der Waals surface area contributed by atoms with Crippen LogP contribution in [0.1, 0.15) is 5.56 Å². The van der Waals surface area contributed by atoms with E-state index in [-0.39, 0.29) is 10.6 Å². The number of nitrogens with one attached hydrogen (secondary N) is 1. The number of rotatable bonds is 5. The van der Waals surface area contributed by atoms with Crippen LogP contribution in [-0.2, 0) is 21.4 Å². The standard InChI is InChI=1S/C14H15NO4S/c1-19-10-11-3-2-4-12(9-11)15-20(17,18)14-7-5-13(16)6-8-14/h2-9,15-16H,10H2,1H3. The summed E-state index contributed by atoms with van der Waals surface area (Å²) in [6.07, 6.45) is 0. The maximum Gasteiger partial charge on any atom is 0.261 e. The van der Waals surface area contributed by atoms with Crippen molar-refractivity contribution in [1.82, 2.24) is 0 Å². The number of phenols is 1. The number of sulfonamides is 1. The van der Waals surface area contributed by atoms with Crippen molar-refractivity contribution in [2.75, 3.05) is 11.8 Å². The molecule has 0 atom stereocenters. The number of ether oxygens (including phenoxy) is 1. The number of phenolic OH excluding ortho intramolecular Hbond substituents is 1. The summed E-state index contributed by atoms with van der Waals surface area (Å²) in [6.45, 7) is 0.411. The molecule has 2 aromatic rings. The molecule has 0 aliphatic carbocycles. The van der Waals surface area contributed by atoms with Crippen molar-refractivity contribution in [3.63, 3.8) is 0 Å². The van der Waals surface area contributed by atoms with E-state index in [0.717, 1.165) is 5.56 Å². The Morgan fingerprint density at radius 2 is 1.85 bits per heavy atom. The lowest BCUT2D eigenvalue weighted by Gasteiger charge is -2.09. The number of benzene rings is 2. The van der Waals surface area contributed by atoms with Gasteiger partial charge >= 0.3 is 0 Å². The van der Waals surface area contributed by atoms with Crippen LogP contribution >= 0.6 is 0 Å². The molecular weight excluding hydrogens is 278 g/mol. The summed E-state index contributed by atoms with van der Waals surface area (Å²) in [5.41, 5.74) is 1.34. The van der Waals surface area contributed by atoms with Gasteiger partial charge in [-0.1, -0.05) is 12.1 Å². The van der Waals surface area contributed by atoms with Gasteiger partial charge in [-0.25, -0.2) is 8.42 Å². The fourth-order valence-corrected chi connectivity index (χ4v) is 2.78. The molecule has 0 saturated carbocycles. The molecule has 0 amide bonds. The average molecular weight is 293 g/mol. The van der Waals surface area contributed by atoms with E-state index < -0.39 is 10.0 Å². The molecular formula is C14H15NO4S. The fraction of sp³-hybridized carbons (Fsp3) is 0.143. The second kappa shape index (κ2) is 5.94. The van der Waals surface area contributed by atoms with Crippen LogP contribution in [0.25, 0.3) is 0 Å². The van der Waals surface area contributed by atoms with Gasteiger partial charge in [0.05, 0.1) is 11.5 Å². The first kappa shape index (κ1) is 14.4. The van der Waals surface area contributed by atoms with Crippen LogP contribution in [0.15, 0.2) is 53.4 Å². The number of hydrogen-bond donors (Lipinski definition) is 2. The molecule has 0 spiro atoms. The van der Waals surface area contributed by atoms with E-state index in [1.54, 1.807) is 25.3 Å². The first-order chi connectivity index (χ1) is 9.51. The third kappa shape index (κ3) is 3.49. The van der Waals surface area contributed by atoms with E-state index in [2.05, 4.69) is 4.72 Å². The smallest absolute Gasteiger partial charge is 0.261 e. The molecule has 0 aliphatic heterocycles. The Morgan fingerprint density at radius 1 is 1.15 bits per heavy atom. The highest BCUT2D eigenvalue weighted by Crippen LogP contribution is 2.19. The van der Waals surface area contributed by atoms with E-state index >= 15 is 0 Å². The second-order valence-electron chi connectivity index (χ2n) is 4.23. The molecule has 0 aliphatic rings. The molecule has 0 heterocycles. The molecule has 2 N–H and O–H groups in total. The molecule has 2 aromatic carbocycles. The van der Waals surface area contributed by atoms with E-state index in [1.807, 2.05) is 6.07 Å². The predicted molar refractivity (Wildman–Crippen MR) is 76.1 cm³/mol. The van der Waals surface area contributed by atoms with Crippen LogP contribution in [0.5, 0.6) is 5.75 Å². The Morgan fingerprint density at radius 3 is 2.50 bits per heavy atom. The molecule has 0 fully saturated rings. The zero-order valence-corrected chi connectivity index (χ0v) is 11.7. The topological polar surface area (TPSA) is 75.6 Å². The molecule has 106 valence electrons. The zero-order chi connectivity index (χ0) is 14.6. The van der Waals surface area contributed by atoms with Crippen molar-refractivity contribution >= 4 is 15.7 Å². The normalized spacial score (nSPS) is 11.2. The Kier molecular flexibility index (Phi) is 4.26. The highest BCUT2D eigenvalue weighted by molar-refractivity contribution is 7.92. The van der Waals surface area contributed by atoms with Crippen molar-refractivity contribution in [3.05, 3.63) is 54.1 Å². The largest absolute Gasteiger partial charge is 0.508 e. The van der Waals surface area contributed by atoms with E-state index in [9.17, 15) is 13.5 Å². The molecule has 0 radical (unpaired) electrons. The number of hydrogen-bond acceptors (Lipinski definition) is 4. The minimum absolute atomic E-state index is 0.0195. The van der Waals surface area contributed by atoms with Crippen LogP contribution < -0.4 is 4.72 Å². The Bertz CT molecular complexity index is 681. The van der Waals surface area contributed by atoms with Crippen molar-refractivity contribution in [3.8, 4) is 5.75 Å². The van der Waals surface area contributed by atoms with E-state index in [1.165, 1.54) is 24.3 Å². The molecule has 0 bridgehead atoms. The average Bonchev–Trinajstić information content (AvgIpc) is 2.39. The molecule has 6 heteroatoms. The molecule has 0 unspecified atom stereocenters. The van der Waals surface area contributed by atoms with Crippen LogP contribution in [0, 0.1) is 0 Å². The van der Waals surface area contributed by atoms with Gasteiger partial charge in [0.25, 0.3) is 10.0 Å². The Labute approximate surface area is 117 Å². The molecule has 2 rings (SSSR count). The van der Waals surface area contributed by atoms with Crippen molar-refractivity contribution in [1.29, 1.82) is 0 Å². The summed E-state index contributed by atoms with van der Waals surface area (Å²) in [7, 11) is -2.09. The monoisotopic (exact) mass is 293 g/mol. The molecule has 0 aromatic heterocycles. The van der Waals surface area contributed by atoms with E-state index in [4.69, 9.17) is 4.74 Å². The van der Waals surface area contributed by atoms with Gasteiger partial charge in [-0.05, 0) is 42.0 Å². The van der Waals surface area contributed by atoms with Gasteiger partial charge < -0.3 is 9.84 Å². The highest BCUT2D eigenvalue weighted by atomic mass is 32.2. The van der Waals surface area contributed by atoms with Crippen LogP contribution in [0.2, 0.25) is 0 Å². The van der Waals surface area contributed by atoms with Gasteiger partial charge in [0, 0.05) is 12.8 Å². The van der Waals surface area contributed by atoms with Gasteiger partial charge in [-0.15, -0.1) is 0 Å². The van der Waals surface area contributed by atoms with Gasteiger partial charge in [0.1, 0.15) is 5.75 Å². The molecule has 5 nitrogen and oxygen atoms in total. The van der Waals surface area contributed by atoms with Crippen molar-refractivity contribution in [2.45, 2.75) is 11.5 Å². The van der Waals surface area contributed by atoms with Crippen molar-refractivity contribution in [2.24, 2.45) is 0 Å². The number of anilines is 1. The minimum Gasteiger partial charge on any atom is -0.508 e. The highest BCUT2D eigenvalue weighted by Gasteiger charge is 2.14. The maximum atomic E-state index is 12.2. The number of methoxy groups -OCH3 is 1. The minimum atomic E-state index is -3.66. The number of aromatic hydroxyl groups is 1. The quantitative estimate of drug-likeness (QED) is 0.887. The summed E-state index contributed by atoms with van der Waals surface area (Å²) in [4.78, 5) is 0.0902. The van der Waals surface area contributed by atoms with Gasteiger partial charge in [-0.2, -0.15) is 0 Å². The third-order valence-corrected chi connectivity index (χ3v) is 4.03. The Hall–Kier alpha value is -2.05. The lowest BCUT2D eigenvalue weighted by molar-refractivity contribution is 0.185. The third-order valence-electron chi connectivity index (χ3n) is 2.64. The molecule has 0 saturated heterocycles. The summed E-state index contributed by atoms with van der Waals surface area (Å²) < 4.78 is 31.8.